The molecule has 13 heteroatoms. The molecule has 11 nitrogen and oxygen atoms in total. The van der Waals surface area contributed by atoms with Crippen LogP contribution in [0.2, 0.25) is 5.02 Å². The van der Waals surface area contributed by atoms with E-state index < -0.39 is 26.8 Å². The number of carbonyl (C=O) groups is 2. The molecule has 3 N–H and O–H groups in total. The maximum Gasteiger partial charge on any atom is 0.264 e. The summed E-state index contributed by atoms with van der Waals surface area (Å²) in [5.74, 6) is -0.455. The highest BCUT2D eigenvalue weighted by Gasteiger charge is 2.49. The summed E-state index contributed by atoms with van der Waals surface area (Å²) in [6.07, 6.45) is 8.56. The number of rotatable bonds is 3. The third-order valence-electron chi connectivity index (χ3n) is 12.0. The summed E-state index contributed by atoms with van der Waals surface area (Å²) in [6, 6.07) is 12.8. The predicted octanol–water partition coefficient (Wildman–Crippen LogP) is 5.66. The molecule has 2 aliphatic carbocycles. The Labute approximate surface area is 304 Å². The highest BCUT2D eigenvalue weighted by molar-refractivity contribution is 7.90. The topological polar surface area (TPSA) is 151 Å². The highest BCUT2D eigenvalue weighted by Crippen LogP contribution is 2.49. The lowest BCUT2D eigenvalue weighted by Gasteiger charge is -2.50. The van der Waals surface area contributed by atoms with Crippen LogP contribution in [0.15, 0.2) is 55.0 Å². The average Bonchev–Trinajstić information content (AvgIpc) is 3.22. The van der Waals surface area contributed by atoms with E-state index in [0.717, 1.165) is 32.1 Å². The van der Waals surface area contributed by atoms with Crippen molar-refractivity contribution in [2.24, 2.45) is 17.8 Å². The second-order valence-corrected chi connectivity index (χ2v) is 17.7. The number of carbonyl (C=O) groups excluding carboxylic acids is 2. The van der Waals surface area contributed by atoms with E-state index in [1.54, 1.807) is 37.4 Å². The molecular weight excluding hydrogens is 690 g/mol. The maximum absolute atomic E-state index is 13.5. The number of hydrogen-bond donors (Lipinski definition) is 3. The van der Waals surface area contributed by atoms with E-state index in [1.165, 1.54) is 17.5 Å². The smallest absolute Gasteiger partial charge is 0.264 e. The first-order valence-corrected chi connectivity index (χ1v) is 19.9. The van der Waals surface area contributed by atoms with Crippen molar-refractivity contribution in [3.8, 4) is 5.75 Å². The summed E-state index contributed by atoms with van der Waals surface area (Å²) in [5, 5.41) is 15.2. The van der Waals surface area contributed by atoms with Gasteiger partial charge < -0.3 is 20.1 Å². The van der Waals surface area contributed by atoms with Gasteiger partial charge in [-0.15, -0.1) is 0 Å². The minimum atomic E-state index is -4.02. The Hall–Kier alpha value is -3.74. The molecule has 2 bridgehead atoms. The van der Waals surface area contributed by atoms with Gasteiger partial charge >= 0.3 is 0 Å². The number of aliphatic hydroxyl groups is 1. The van der Waals surface area contributed by atoms with Crippen molar-refractivity contribution in [3.05, 3.63) is 76.7 Å². The maximum atomic E-state index is 13.5. The number of fused-ring (bicyclic) bond motifs is 4. The van der Waals surface area contributed by atoms with Crippen LogP contribution in [0.5, 0.6) is 5.75 Å². The van der Waals surface area contributed by atoms with Crippen LogP contribution in [0.25, 0.3) is 0 Å². The minimum absolute atomic E-state index is 0.0558. The molecular formula is C38H46ClN5O6S. The van der Waals surface area contributed by atoms with E-state index in [0.29, 0.717) is 61.2 Å². The number of amides is 2. The fourth-order valence-corrected chi connectivity index (χ4v) is 10.3. The molecule has 2 amide bonds. The number of aromatic nitrogens is 2. The summed E-state index contributed by atoms with van der Waals surface area (Å²) in [4.78, 5) is 37.3. The largest absolute Gasteiger partial charge is 0.490 e. The second kappa shape index (κ2) is 14.0. The molecule has 1 spiro atoms. The van der Waals surface area contributed by atoms with Crippen LogP contribution in [0, 0.1) is 17.8 Å². The van der Waals surface area contributed by atoms with Gasteiger partial charge in [0, 0.05) is 35.3 Å². The number of sulfonamides is 1. The van der Waals surface area contributed by atoms with Crippen molar-refractivity contribution in [3.63, 3.8) is 0 Å². The molecule has 1 saturated carbocycles. The van der Waals surface area contributed by atoms with Gasteiger partial charge in [0.25, 0.3) is 5.91 Å². The number of nitrogens with zero attached hydrogens (tertiary/aromatic N) is 3. The quantitative estimate of drug-likeness (QED) is 0.310. The monoisotopic (exact) mass is 735 g/mol. The molecule has 0 radical (unpaired) electrons. The zero-order valence-corrected chi connectivity index (χ0v) is 30.7. The van der Waals surface area contributed by atoms with Crippen LogP contribution < -0.4 is 19.7 Å². The van der Waals surface area contributed by atoms with E-state index in [1.807, 2.05) is 19.1 Å². The molecule has 6 atom stereocenters. The number of aryl methyl sites for hydroxylation is 1. The van der Waals surface area contributed by atoms with Gasteiger partial charge in [-0.3, -0.25) is 9.59 Å². The van der Waals surface area contributed by atoms with Crippen molar-refractivity contribution >= 4 is 44.9 Å². The Balaban J connectivity index is 1.27. The predicted molar refractivity (Wildman–Crippen MR) is 196 cm³/mol. The lowest BCUT2D eigenvalue weighted by Crippen LogP contribution is -2.54. The van der Waals surface area contributed by atoms with Crippen molar-refractivity contribution in [1.29, 1.82) is 0 Å². The normalized spacial score (nSPS) is 30.4. The Bertz CT molecular complexity index is 1910. The van der Waals surface area contributed by atoms with E-state index >= 15 is 0 Å². The third-order valence-corrected chi connectivity index (χ3v) is 14.1. The van der Waals surface area contributed by atoms with E-state index in [2.05, 4.69) is 31.0 Å². The van der Waals surface area contributed by atoms with Crippen LogP contribution >= 0.6 is 11.6 Å². The van der Waals surface area contributed by atoms with Crippen LogP contribution in [0.3, 0.4) is 0 Å². The van der Waals surface area contributed by atoms with Crippen LogP contribution in [-0.2, 0) is 26.7 Å². The SMILES string of the molecule is C[C@@H]1[C@@H](C)CCC[C@@](O)(CC(=O)Nc2ccncn2)[C@@H]2CC[C@H]2CN2C[C@@]3(CCCc4cc(Cl)ccc43)COc3ccc(cc32)C(=O)NS1(=O)=O. The van der Waals surface area contributed by atoms with Crippen LogP contribution in [-0.4, -0.2) is 65.9 Å². The number of halogens is 1. The Morgan fingerprint density at radius 3 is 2.73 bits per heavy atom. The molecule has 7 rings (SSSR count). The number of nitrogens with one attached hydrogen (secondary N) is 2. The van der Waals surface area contributed by atoms with Crippen LogP contribution in [0.4, 0.5) is 11.5 Å². The number of hydrogen-bond acceptors (Lipinski definition) is 9. The number of anilines is 2. The molecule has 2 aliphatic heterocycles. The Morgan fingerprint density at radius 1 is 1.12 bits per heavy atom. The van der Waals surface area contributed by atoms with Gasteiger partial charge in [0.2, 0.25) is 15.9 Å². The standard InChI is InChI=1S/C38H46ClN5O6S/c1-24-5-3-15-38(47,19-35(45)42-34-13-16-40-23-41-34)31-10-7-28(31)20-44-21-37(14-4-6-26-17-29(39)9-11-30(26)37)22-50-33-12-8-27(18-32(33)44)36(46)43-51(48,49)25(24)2/h8-9,11-13,16-18,23-25,28,31,47H,3-7,10,14-15,19-22H2,1-2H3,(H,43,46)(H,40,41,42,45)/t24-,25+,28-,31+,37-,38+/m0/s1. The highest BCUT2D eigenvalue weighted by atomic mass is 35.5. The van der Waals surface area contributed by atoms with Gasteiger partial charge in [-0.05, 0) is 117 Å². The summed E-state index contributed by atoms with van der Waals surface area (Å²) < 4.78 is 35.9. The molecule has 1 fully saturated rings. The third kappa shape index (κ3) is 7.19. The van der Waals surface area contributed by atoms with E-state index in [-0.39, 0.29) is 41.1 Å². The number of ether oxygens (including phenoxy) is 1. The lowest BCUT2D eigenvalue weighted by atomic mass is 9.61. The van der Waals surface area contributed by atoms with Crippen molar-refractivity contribution in [2.45, 2.75) is 87.9 Å². The molecule has 51 heavy (non-hydrogen) atoms. The summed E-state index contributed by atoms with van der Waals surface area (Å²) >= 11 is 6.44. The van der Waals surface area contributed by atoms with Crippen molar-refractivity contribution < 1.29 is 27.9 Å². The summed E-state index contributed by atoms with van der Waals surface area (Å²) in [5.41, 5.74) is 1.66. The molecule has 2 aromatic carbocycles. The average molecular weight is 736 g/mol. The zero-order valence-electron chi connectivity index (χ0n) is 29.1. The Morgan fingerprint density at radius 2 is 1.96 bits per heavy atom. The van der Waals surface area contributed by atoms with Gasteiger partial charge in [-0.25, -0.2) is 23.1 Å². The van der Waals surface area contributed by atoms with Gasteiger partial charge in [0.05, 0.1) is 29.6 Å². The zero-order chi connectivity index (χ0) is 36.0. The number of benzene rings is 2. The summed E-state index contributed by atoms with van der Waals surface area (Å²) in [7, 11) is -4.02. The molecule has 272 valence electrons. The Kier molecular flexibility index (Phi) is 9.79. The van der Waals surface area contributed by atoms with Crippen molar-refractivity contribution in [2.75, 3.05) is 29.9 Å². The van der Waals surface area contributed by atoms with Crippen molar-refractivity contribution in [1.82, 2.24) is 14.7 Å². The summed E-state index contributed by atoms with van der Waals surface area (Å²) in [6.45, 7) is 5.05. The first-order valence-electron chi connectivity index (χ1n) is 18.0. The van der Waals surface area contributed by atoms with Gasteiger partial charge in [-0.1, -0.05) is 31.0 Å². The van der Waals surface area contributed by atoms with Gasteiger partial charge in [0.15, 0.2) is 0 Å². The second-order valence-electron chi connectivity index (χ2n) is 15.2. The van der Waals surface area contributed by atoms with Crippen LogP contribution in [0.1, 0.15) is 86.7 Å². The molecule has 1 aromatic heterocycles. The van der Waals surface area contributed by atoms with Gasteiger partial charge in [0.1, 0.15) is 17.9 Å². The molecule has 3 aromatic rings. The first-order chi connectivity index (χ1) is 24.4. The fraction of sp³-hybridized carbons (Fsp3) is 0.526. The molecule has 0 unspecified atom stereocenters. The fourth-order valence-electron chi connectivity index (χ4n) is 8.82. The molecule has 4 aliphatic rings. The van der Waals surface area contributed by atoms with E-state index in [9.17, 15) is 23.1 Å². The first kappa shape index (κ1) is 35.7. The van der Waals surface area contributed by atoms with Gasteiger partial charge in [-0.2, -0.15) is 0 Å². The molecule has 3 heterocycles. The minimum Gasteiger partial charge on any atom is -0.490 e. The van der Waals surface area contributed by atoms with E-state index in [4.69, 9.17) is 16.3 Å². The molecule has 0 saturated heterocycles. The lowest BCUT2D eigenvalue weighted by molar-refractivity contribution is -0.132.